The van der Waals surface area contributed by atoms with Crippen molar-refractivity contribution in [1.29, 1.82) is 0 Å². The van der Waals surface area contributed by atoms with Crippen LogP contribution in [0.5, 0.6) is 0 Å². The lowest BCUT2D eigenvalue weighted by Gasteiger charge is -2.33. The number of amides is 1. The molecule has 10 nitrogen and oxygen atoms in total. The van der Waals surface area contributed by atoms with Gasteiger partial charge in [-0.3, -0.25) is 19.4 Å². The molecule has 4 aromatic rings. The molecule has 3 aromatic heterocycles. The number of fused-ring (bicyclic) bond motifs is 1. The number of likely N-dealkylation sites (tertiary alicyclic amines) is 1. The lowest BCUT2D eigenvalue weighted by Crippen LogP contribution is -2.44. The third-order valence-corrected chi connectivity index (χ3v) is 7.15. The quantitative estimate of drug-likeness (QED) is 0.385. The van der Waals surface area contributed by atoms with E-state index in [4.69, 9.17) is 4.74 Å². The Labute approximate surface area is 231 Å². The first-order chi connectivity index (χ1) is 19.0. The second-order valence-electron chi connectivity index (χ2n) is 11.1. The van der Waals surface area contributed by atoms with Gasteiger partial charge in [0.1, 0.15) is 5.60 Å². The largest absolute Gasteiger partial charge is 0.444 e. The molecule has 0 spiro atoms. The topological polar surface area (TPSA) is 108 Å². The Morgan fingerprint density at radius 2 is 1.73 bits per heavy atom. The number of pyridine rings is 2. The minimum absolute atomic E-state index is 0.251. The molecule has 10 heteroatoms. The molecule has 1 fully saturated rings. The Balaban J connectivity index is 1.56. The van der Waals surface area contributed by atoms with Crippen LogP contribution in [0.3, 0.4) is 0 Å². The third kappa shape index (κ3) is 5.21. The highest BCUT2D eigenvalue weighted by molar-refractivity contribution is 5.93. The molecule has 0 unspecified atom stereocenters. The zero-order valence-electron chi connectivity index (χ0n) is 23.2. The number of para-hydroxylation sites is 1. The normalized spacial score (nSPS) is 14.4. The van der Waals surface area contributed by atoms with Gasteiger partial charge in [-0.05, 0) is 64.3 Å². The molecule has 0 bridgehead atoms. The molecule has 1 aliphatic heterocycles. The fraction of sp³-hybridized carbons (Fsp3) is 0.367. The summed E-state index contributed by atoms with van der Waals surface area (Å²) in [6.45, 7) is 8.14. The van der Waals surface area contributed by atoms with Gasteiger partial charge in [-0.1, -0.05) is 24.3 Å². The number of benzene rings is 1. The van der Waals surface area contributed by atoms with Crippen molar-refractivity contribution in [3.63, 3.8) is 0 Å². The van der Waals surface area contributed by atoms with Crippen molar-refractivity contribution in [2.24, 2.45) is 5.92 Å². The number of aryl methyl sites for hydroxylation is 1. The second kappa shape index (κ2) is 10.6. The van der Waals surface area contributed by atoms with E-state index in [9.17, 15) is 19.2 Å². The molecule has 0 saturated carbocycles. The average Bonchev–Trinajstić information content (AvgIpc) is 3.22. The molecule has 0 radical (unpaired) electrons. The molecule has 1 aromatic carbocycles. The highest BCUT2D eigenvalue weighted by atomic mass is 16.6. The van der Waals surface area contributed by atoms with E-state index in [0.29, 0.717) is 42.7 Å². The SMILES string of the molecule is Cc1c2c(=O)n(-c3ccccc3)n(C(=O)C3CCN(C(=O)OC(C)(C)C)CC3)c2cc(=O)n1Cc1cccnc1. The van der Waals surface area contributed by atoms with Crippen molar-refractivity contribution in [2.75, 3.05) is 13.1 Å². The summed E-state index contributed by atoms with van der Waals surface area (Å²) in [5.41, 5.74) is 0.794. The second-order valence-corrected chi connectivity index (χ2v) is 11.1. The number of piperidine rings is 1. The van der Waals surface area contributed by atoms with Gasteiger partial charge in [0.15, 0.2) is 0 Å². The molecule has 40 heavy (non-hydrogen) atoms. The van der Waals surface area contributed by atoms with Gasteiger partial charge < -0.3 is 14.2 Å². The summed E-state index contributed by atoms with van der Waals surface area (Å²) in [6, 6.07) is 14.0. The van der Waals surface area contributed by atoms with E-state index in [-0.39, 0.29) is 29.1 Å². The van der Waals surface area contributed by atoms with Gasteiger partial charge >= 0.3 is 6.09 Å². The zero-order valence-corrected chi connectivity index (χ0v) is 23.2. The van der Waals surface area contributed by atoms with Crippen LogP contribution in [-0.4, -0.2) is 54.5 Å². The van der Waals surface area contributed by atoms with Crippen molar-refractivity contribution in [3.05, 3.63) is 92.9 Å². The average molecular weight is 544 g/mol. The van der Waals surface area contributed by atoms with E-state index >= 15 is 0 Å². The number of carbonyl (C=O) groups is 2. The molecule has 0 N–H and O–H groups in total. The first-order valence-electron chi connectivity index (χ1n) is 13.4. The molecular weight excluding hydrogens is 510 g/mol. The Hall–Kier alpha value is -4.47. The number of hydrogen-bond acceptors (Lipinski definition) is 6. The van der Waals surface area contributed by atoms with E-state index in [2.05, 4.69) is 4.98 Å². The van der Waals surface area contributed by atoms with E-state index in [1.807, 2.05) is 32.9 Å². The van der Waals surface area contributed by atoms with Crippen LogP contribution in [0.2, 0.25) is 0 Å². The summed E-state index contributed by atoms with van der Waals surface area (Å²) in [4.78, 5) is 59.6. The first-order valence-corrected chi connectivity index (χ1v) is 13.4. The molecule has 5 rings (SSSR count). The minimum Gasteiger partial charge on any atom is -0.444 e. The zero-order chi connectivity index (χ0) is 28.6. The maximum absolute atomic E-state index is 14.1. The highest BCUT2D eigenvalue weighted by Gasteiger charge is 2.33. The van der Waals surface area contributed by atoms with E-state index < -0.39 is 17.6 Å². The van der Waals surface area contributed by atoms with Crippen molar-refractivity contribution < 1.29 is 14.3 Å². The van der Waals surface area contributed by atoms with Gasteiger partial charge in [-0.2, -0.15) is 0 Å². The summed E-state index contributed by atoms with van der Waals surface area (Å²) in [5.74, 6) is -0.731. The first kappa shape index (κ1) is 27.1. The van der Waals surface area contributed by atoms with Crippen LogP contribution in [0.15, 0.2) is 70.5 Å². The predicted molar refractivity (Wildman–Crippen MR) is 151 cm³/mol. The fourth-order valence-electron chi connectivity index (χ4n) is 5.19. The molecule has 0 atom stereocenters. The van der Waals surface area contributed by atoms with Crippen LogP contribution in [0, 0.1) is 12.8 Å². The Morgan fingerprint density at radius 3 is 2.35 bits per heavy atom. The maximum atomic E-state index is 14.1. The number of aromatic nitrogens is 4. The molecule has 1 amide bonds. The number of hydrogen-bond donors (Lipinski definition) is 0. The summed E-state index contributed by atoms with van der Waals surface area (Å²) in [6.07, 6.45) is 3.76. The van der Waals surface area contributed by atoms with Crippen molar-refractivity contribution in [2.45, 2.75) is 52.7 Å². The minimum atomic E-state index is -0.610. The number of ether oxygens (including phenoxy) is 1. The van der Waals surface area contributed by atoms with E-state index in [0.717, 1.165) is 5.56 Å². The van der Waals surface area contributed by atoms with Gasteiger partial charge in [0.25, 0.3) is 11.1 Å². The molecule has 1 aliphatic rings. The van der Waals surface area contributed by atoms with Gasteiger partial charge in [-0.15, -0.1) is 0 Å². The smallest absolute Gasteiger partial charge is 0.410 e. The molecular formula is C30H33N5O5. The number of nitrogens with zero attached hydrogens (tertiary/aromatic N) is 5. The number of rotatable bonds is 4. The van der Waals surface area contributed by atoms with Crippen LogP contribution in [0.1, 0.15) is 49.7 Å². The summed E-state index contributed by atoms with van der Waals surface area (Å²) < 4.78 is 9.72. The lowest BCUT2D eigenvalue weighted by molar-refractivity contribution is 0.0175. The number of carbonyl (C=O) groups excluding carboxylic acids is 2. The van der Waals surface area contributed by atoms with Gasteiger partial charge in [0.05, 0.1) is 23.1 Å². The Bertz CT molecular complexity index is 1670. The molecule has 4 heterocycles. The summed E-state index contributed by atoms with van der Waals surface area (Å²) in [7, 11) is 0. The van der Waals surface area contributed by atoms with Gasteiger partial charge in [-0.25, -0.2) is 14.2 Å². The fourth-order valence-corrected chi connectivity index (χ4v) is 5.19. The Morgan fingerprint density at radius 1 is 1.02 bits per heavy atom. The van der Waals surface area contributed by atoms with E-state index in [1.165, 1.54) is 20.0 Å². The van der Waals surface area contributed by atoms with Crippen molar-refractivity contribution >= 4 is 22.9 Å². The third-order valence-electron chi connectivity index (χ3n) is 7.15. The maximum Gasteiger partial charge on any atom is 0.410 e. The van der Waals surface area contributed by atoms with Crippen LogP contribution >= 0.6 is 0 Å². The highest BCUT2D eigenvalue weighted by Crippen LogP contribution is 2.25. The van der Waals surface area contributed by atoms with Crippen molar-refractivity contribution in [1.82, 2.24) is 23.8 Å². The van der Waals surface area contributed by atoms with Gasteiger partial charge in [0, 0.05) is 43.2 Å². The van der Waals surface area contributed by atoms with Crippen molar-refractivity contribution in [3.8, 4) is 5.69 Å². The monoisotopic (exact) mass is 543 g/mol. The van der Waals surface area contributed by atoms with E-state index in [1.54, 1.807) is 54.5 Å². The molecule has 1 saturated heterocycles. The lowest BCUT2D eigenvalue weighted by atomic mass is 9.96. The van der Waals surface area contributed by atoms with Crippen LogP contribution in [-0.2, 0) is 11.3 Å². The molecule has 208 valence electrons. The summed E-state index contributed by atoms with van der Waals surface area (Å²) >= 11 is 0. The van der Waals surface area contributed by atoms with Crippen LogP contribution < -0.4 is 11.1 Å². The van der Waals surface area contributed by atoms with Crippen LogP contribution in [0.4, 0.5) is 4.79 Å². The van der Waals surface area contributed by atoms with Gasteiger partial charge in [0.2, 0.25) is 5.91 Å². The standard InChI is InChI=1S/C30H33N5O5/c1-20-26-24(17-25(36)33(20)19-21-9-8-14-31-18-21)35(34(28(26)38)23-10-6-5-7-11-23)27(37)22-12-15-32(16-13-22)29(39)40-30(2,3)4/h5-11,14,17-18,22H,12-13,15-16,19H2,1-4H3. The van der Waals surface area contributed by atoms with Crippen LogP contribution in [0.25, 0.3) is 16.6 Å². The molecule has 0 aliphatic carbocycles. The summed E-state index contributed by atoms with van der Waals surface area (Å²) in [5, 5.41) is 0.312. The predicted octanol–water partition coefficient (Wildman–Crippen LogP) is 3.99. The Kier molecular flexibility index (Phi) is 7.18.